The van der Waals surface area contributed by atoms with Gasteiger partial charge in [0.05, 0.1) is 12.2 Å². The van der Waals surface area contributed by atoms with E-state index < -0.39 is 0 Å². The summed E-state index contributed by atoms with van der Waals surface area (Å²) in [4.78, 5) is 19.0. The molecule has 0 radical (unpaired) electrons. The fourth-order valence-corrected chi connectivity index (χ4v) is 2.73. The number of Topliss-reactive ketones (excluding diaryl/α,β-unsaturated/α-hetero) is 1. The van der Waals surface area contributed by atoms with Crippen LogP contribution < -0.4 is 0 Å². The lowest BCUT2D eigenvalue weighted by Gasteiger charge is -2.13. The molecule has 1 aromatic heterocycles. The van der Waals surface area contributed by atoms with Crippen molar-refractivity contribution in [3.63, 3.8) is 0 Å². The number of hydrogen-bond donors (Lipinski definition) is 0. The molecule has 0 unspecified atom stereocenters. The van der Waals surface area contributed by atoms with E-state index in [0.717, 1.165) is 24.1 Å². The van der Waals surface area contributed by atoms with Crippen LogP contribution in [0.5, 0.6) is 0 Å². The van der Waals surface area contributed by atoms with Crippen LogP contribution >= 0.6 is 0 Å². The van der Waals surface area contributed by atoms with Crippen molar-refractivity contribution in [2.24, 2.45) is 0 Å². The molecule has 0 saturated heterocycles. The van der Waals surface area contributed by atoms with Crippen LogP contribution in [0.1, 0.15) is 27.9 Å². The Morgan fingerprint density at radius 1 is 1.09 bits per heavy atom. The highest BCUT2D eigenvalue weighted by atomic mass is 16.5. The van der Waals surface area contributed by atoms with E-state index in [2.05, 4.69) is 9.88 Å². The molecule has 1 heterocycles. The quantitative estimate of drug-likeness (QED) is 0.769. The Hall–Kier alpha value is -2.46. The summed E-state index contributed by atoms with van der Waals surface area (Å²) in [5, 5.41) is 0. The van der Waals surface area contributed by atoms with E-state index in [4.69, 9.17) is 4.74 Å². The Kier molecular flexibility index (Phi) is 4.53. The molecule has 2 aromatic rings. The molecular weight excluding hydrogens is 288 g/mol. The SMILES string of the molecule is CN(C)CCCOC1=C(c2cccnc2)C(=O)c2ccccc21. The van der Waals surface area contributed by atoms with E-state index in [0.29, 0.717) is 23.5 Å². The fourth-order valence-electron chi connectivity index (χ4n) is 2.73. The number of carbonyl (C=O) groups is 1. The highest BCUT2D eigenvalue weighted by Crippen LogP contribution is 2.38. The molecule has 4 nitrogen and oxygen atoms in total. The number of nitrogens with zero attached hydrogens (tertiary/aromatic N) is 2. The summed E-state index contributed by atoms with van der Waals surface area (Å²) in [7, 11) is 4.07. The van der Waals surface area contributed by atoms with Crippen molar-refractivity contribution in [1.82, 2.24) is 9.88 Å². The Morgan fingerprint density at radius 2 is 1.87 bits per heavy atom. The van der Waals surface area contributed by atoms with Crippen LogP contribution in [0.2, 0.25) is 0 Å². The first-order valence-corrected chi connectivity index (χ1v) is 7.75. The van der Waals surface area contributed by atoms with E-state index in [-0.39, 0.29) is 5.78 Å². The van der Waals surface area contributed by atoms with Crippen LogP contribution in [0.15, 0.2) is 48.8 Å². The third kappa shape index (κ3) is 3.17. The van der Waals surface area contributed by atoms with Gasteiger partial charge < -0.3 is 9.64 Å². The molecule has 0 fully saturated rings. The van der Waals surface area contributed by atoms with Gasteiger partial charge in [0, 0.05) is 35.6 Å². The maximum atomic E-state index is 12.8. The molecule has 118 valence electrons. The topological polar surface area (TPSA) is 42.4 Å². The number of pyridine rings is 1. The number of allylic oxidation sites excluding steroid dienone is 1. The lowest BCUT2D eigenvalue weighted by molar-refractivity contribution is 0.105. The average Bonchev–Trinajstić information content (AvgIpc) is 2.85. The summed E-state index contributed by atoms with van der Waals surface area (Å²) >= 11 is 0. The highest BCUT2D eigenvalue weighted by molar-refractivity contribution is 6.39. The van der Waals surface area contributed by atoms with E-state index in [9.17, 15) is 4.79 Å². The van der Waals surface area contributed by atoms with Crippen LogP contribution in [0.3, 0.4) is 0 Å². The van der Waals surface area contributed by atoms with Crippen molar-refractivity contribution < 1.29 is 9.53 Å². The molecule has 3 rings (SSSR count). The molecule has 1 aliphatic carbocycles. The maximum absolute atomic E-state index is 12.8. The van der Waals surface area contributed by atoms with Crippen molar-refractivity contribution in [1.29, 1.82) is 0 Å². The number of aromatic nitrogens is 1. The number of benzene rings is 1. The average molecular weight is 308 g/mol. The predicted octanol–water partition coefficient (Wildman–Crippen LogP) is 3.11. The monoisotopic (exact) mass is 308 g/mol. The van der Waals surface area contributed by atoms with Crippen molar-refractivity contribution >= 4 is 17.1 Å². The summed E-state index contributed by atoms with van der Waals surface area (Å²) in [6.07, 6.45) is 4.32. The lowest BCUT2D eigenvalue weighted by Crippen LogP contribution is -2.14. The number of fused-ring (bicyclic) bond motifs is 1. The Bertz CT molecular complexity index is 736. The van der Waals surface area contributed by atoms with Crippen LogP contribution in [0.4, 0.5) is 0 Å². The number of carbonyl (C=O) groups excluding carboxylic acids is 1. The molecule has 0 spiro atoms. The molecule has 23 heavy (non-hydrogen) atoms. The molecule has 4 heteroatoms. The van der Waals surface area contributed by atoms with Gasteiger partial charge in [-0.05, 0) is 26.6 Å². The van der Waals surface area contributed by atoms with Gasteiger partial charge in [0.1, 0.15) is 5.76 Å². The smallest absolute Gasteiger partial charge is 0.198 e. The normalized spacial score (nSPS) is 13.6. The predicted molar refractivity (Wildman–Crippen MR) is 90.9 cm³/mol. The van der Waals surface area contributed by atoms with Gasteiger partial charge in [-0.15, -0.1) is 0 Å². The van der Waals surface area contributed by atoms with E-state index in [1.54, 1.807) is 12.4 Å². The molecular formula is C19H20N2O2. The van der Waals surface area contributed by atoms with Crippen molar-refractivity contribution in [2.75, 3.05) is 27.2 Å². The zero-order chi connectivity index (χ0) is 16.2. The van der Waals surface area contributed by atoms with Crippen LogP contribution in [0, 0.1) is 0 Å². The first kappa shape index (κ1) is 15.4. The van der Waals surface area contributed by atoms with Gasteiger partial charge in [0.25, 0.3) is 0 Å². The van der Waals surface area contributed by atoms with Crippen LogP contribution in [-0.2, 0) is 4.74 Å². The van der Waals surface area contributed by atoms with E-state index in [1.165, 1.54) is 0 Å². The summed E-state index contributed by atoms with van der Waals surface area (Å²) in [5.74, 6) is 0.688. The van der Waals surface area contributed by atoms with Gasteiger partial charge in [-0.2, -0.15) is 0 Å². The molecule has 0 atom stereocenters. The summed E-state index contributed by atoms with van der Waals surface area (Å²) in [5.41, 5.74) is 3.00. The van der Waals surface area contributed by atoms with Gasteiger partial charge in [-0.25, -0.2) is 0 Å². The molecule has 0 bridgehead atoms. The second kappa shape index (κ2) is 6.75. The Balaban J connectivity index is 1.93. The largest absolute Gasteiger partial charge is 0.492 e. The molecule has 1 aliphatic rings. The number of hydrogen-bond acceptors (Lipinski definition) is 4. The minimum atomic E-state index is 0.0104. The van der Waals surface area contributed by atoms with Crippen LogP contribution in [0.25, 0.3) is 11.3 Å². The maximum Gasteiger partial charge on any atom is 0.198 e. The fraction of sp³-hybridized carbons (Fsp3) is 0.263. The molecule has 0 N–H and O–H groups in total. The van der Waals surface area contributed by atoms with Gasteiger partial charge in [0.2, 0.25) is 0 Å². The third-order valence-corrected chi connectivity index (χ3v) is 3.82. The highest BCUT2D eigenvalue weighted by Gasteiger charge is 2.31. The standard InChI is InChI=1S/C19H20N2O2/c1-21(2)11-6-12-23-19-16-9-4-3-8-15(16)18(22)17(19)14-7-5-10-20-13-14/h3-5,7-10,13H,6,11-12H2,1-2H3. The Morgan fingerprint density at radius 3 is 2.57 bits per heavy atom. The zero-order valence-electron chi connectivity index (χ0n) is 13.5. The lowest BCUT2D eigenvalue weighted by atomic mass is 10.0. The molecule has 0 aliphatic heterocycles. The minimum absolute atomic E-state index is 0.0104. The summed E-state index contributed by atoms with van der Waals surface area (Å²) in [6, 6.07) is 11.3. The van der Waals surface area contributed by atoms with Crippen molar-refractivity contribution in [3.05, 3.63) is 65.5 Å². The number of ketones is 1. The zero-order valence-corrected chi connectivity index (χ0v) is 13.5. The van der Waals surface area contributed by atoms with Crippen molar-refractivity contribution in [3.8, 4) is 0 Å². The molecule has 0 saturated carbocycles. The van der Waals surface area contributed by atoms with Crippen molar-refractivity contribution in [2.45, 2.75) is 6.42 Å². The Labute approximate surface area is 136 Å². The van der Waals surface area contributed by atoms with Gasteiger partial charge in [-0.3, -0.25) is 9.78 Å². The second-order valence-corrected chi connectivity index (χ2v) is 5.83. The van der Waals surface area contributed by atoms with E-state index >= 15 is 0 Å². The van der Waals surface area contributed by atoms with Gasteiger partial charge in [0.15, 0.2) is 5.78 Å². The minimum Gasteiger partial charge on any atom is -0.492 e. The summed E-state index contributed by atoms with van der Waals surface area (Å²) < 4.78 is 6.02. The van der Waals surface area contributed by atoms with Crippen LogP contribution in [-0.4, -0.2) is 42.9 Å². The molecule has 0 amide bonds. The van der Waals surface area contributed by atoms with Gasteiger partial charge >= 0.3 is 0 Å². The third-order valence-electron chi connectivity index (χ3n) is 3.82. The first-order chi connectivity index (χ1) is 11.2. The van der Waals surface area contributed by atoms with E-state index in [1.807, 2.05) is 50.5 Å². The first-order valence-electron chi connectivity index (χ1n) is 7.75. The second-order valence-electron chi connectivity index (χ2n) is 5.83. The van der Waals surface area contributed by atoms with Gasteiger partial charge in [-0.1, -0.05) is 30.3 Å². The number of ether oxygens (including phenoxy) is 1. The molecule has 1 aromatic carbocycles. The summed E-state index contributed by atoms with van der Waals surface area (Å²) in [6.45, 7) is 1.53. The number of rotatable bonds is 6.